The minimum absolute atomic E-state index is 0.456. The number of thioether (sulfide) groups is 1. The number of benzene rings is 3. The second-order valence-corrected chi connectivity index (χ2v) is 10.5. The predicted molar refractivity (Wildman–Crippen MR) is 120 cm³/mol. The summed E-state index contributed by atoms with van der Waals surface area (Å²) in [7, 11) is -3.71. The summed E-state index contributed by atoms with van der Waals surface area (Å²) in [4.78, 5) is 0. The molecule has 1 aliphatic rings. The fraction of sp³-hybridized carbons (Fsp3) is 0.0500. The van der Waals surface area contributed by atoms with Crippen molar-refractivity contribution in [3.63, 3.8) is 0 Å². The first-order valence-corrected chi connectivity index (χ1v) is 11.7. The minimum Gasteiger partial charge on any atom is -0.414 e. The molecule has 1 N–H and O–H groups in total. The highest BCUT2D eigenvalue weighted by atomic mass is 35.5. The van der Waals surface area contributed by atoms with E-state index in [0.717, 1.165) is 11.3 Å². The Kier molecular flexibility index (Phi) is 5.65. The smallest absolute Gasteiger partial charge is 0.414 e. The van der Waals surface area contributed by atoms with Gasteiger partial charge in [0.1, 0.15) is 11.5 Å². The van der Waals surface area contributed by atoms with Gasteiger partial charge in [-0.3, -0.25) is 0 Å². The molecule has 4 rings (SSSR count). The molecule has 0 amide bonds. The first-order chi connectivity index (χ1) is 13.5. The van der Waals surface area contributed by atoms with Crippen LogP contribution in [0.25, 0.3) is 0 Å². The van der Waals surface area contributed by atoms with Gasteiger partial charge in [0.25, 0.3) is 0 Å². The lowest BCUT2D eigenvalue weighted by molar-refractivity contribution is 0.385. The Labute approximate surface area is 177 Å². The van der Waals surface area contributed by atoms with Crippen molar-refractivity contribution in [3.8, 4) is 11.5 Å². The van der Waals surface area contributed by atoms with E-state index < -0.39 is 12.7 Å². The molecule has 0 aliphatic carbocycles. The van der Waals surface area contributed by atoms with Crippen LogP contribution < -0.4 is 14.4 Å². The van der Waals surface area contributed by atoms with Crippen molar-refractivity contribution in [2.24, 2.45) is 0 Å². The number of halogens is 1. The molecule has 0 saturated carbocycles. The van der Waals surface area contributed by atoms with Gasteiger partial charge in [0.15, 0.2) is 0 Å². The molecule has 3 aromatic rings. The van der Waals surface area contributed by atoms with Gasteiger partial charge in [0.2, 0.25) is 5.11 Å². The van der Waals surface area contributed by atoms with Crippen LogP contribution in [0.3, 0.4) is 0 Å². The summed E-state index contributed by atoms with van der Waals surface area (Å²) < 4.78 is 26.3. The average molecular weight is 448 g/mol. The Balaban J connectivity index is 1.70. The van der Waals surface area contributed by atoms with Crippen LogP contribution in [0.4, 0.5) is 5.69 Å². The number of nitrogens with one attached hydrogen (secondary N) is 1. The molecular formula is C20H15ClNO3PS2. The first kappa shape index (κ1) is 19.3. The van der Waals surface area contributed by atoms with Crippen LogP contribution in [-0.2, 0) is 4.57 Å². The number of thiocarbonyl (C=S) groups is 1. The second-order valence-electron chi connectivity index (χ2n) is 5.94. The van der Waals surface area contributed by atoms with Crippen LogP contribution in [0.2, 0.25) is 5.02 Å². The van der Waals surface area contributed by atoms with Gasteiger partial charge in [-0.25, -0.2) is 4.57 Å². The summed E-state index contributed by atoms with van der Waals surface area (Å²) >= 11 is 12.8. The third-order valence-electron chi connectivity index (χ3n) is 3.94. The third-order valence-corrected chi connectivity index (χ3v) is 8.18. The summed E-state index contributed by atoms with van der Waals surface area (Å²) in [6.07, 6.45) is 0. The van der Waals surface area contributed by atoms with Crippen LogP contribution >= 0.6 is 43.2 Å². The number of para-hydroxylation sites is 2. The summed E-state index contributed by atoms with van der Waals surface area (Å²) in [5.41, 5.74) is 1.54. The van der Waals surface area contributed by atoms with Crippen LogP contribution in [0.5, 0.6) is 11.5 Å². The van der Waals surface area contributed by atoms with E-state index in [9.17, 15) is 4.57 Å². The summed E-state index contributed by atoms with van der Waals surface area (Å²) in [6, 6.07) is 23.3. The molecule has 1 heterocycles. The zero-order chi connectivity index (χ0) is 19.6. The van der Waals surface area contributed by atoms with E-state index in [-0.39, 0.29) is 0 Å². The summed E-state index contributed by atoms with van der Waals surface area (Å²) in [5.74, 6) is 0.911. The Morgan fingerprint density at radius 3 is 2.07 bits per heavy atom. The molecule has 0 fully saturated rings. The lowest BCUT2D eigenvalue weighted by Crippen LogP contribution is -2.27. The van der Waals surface area contributed by atoms with E-state index in [4.69, 9.17) is 32.9 Å². The Morgan fingerprint density at radius 2 is 1.50 bits per heavy atom. The Morgan fingerprint density at radius 1 is 0.929 bits per heavy atom. The van der Waals surface area contributed by atoms with Gasteiger partial charge in [-0.1, -0.05) is 72.0 Å². The lowest BCUT2D eigenvalue weighted by atomic mass is 10.2. The topological polar surface area (TPSA) is 47.6 Å². The molecule has 4 nitrogen and oxygen atoms in total. The van der Waals surface area contributed by atoms with Crippen molar-refractivity contribution < 1.29 is 13.6 Å². The van der Waals surface area contributed by atoms with Gasteiger partial charge in [0, 0.05) is 16.3 Å². The molecule has 8 heteroatoms. The molecule has 0 spiro atoms. The quantitative estimate of drug-likeness (QED) is 0.342. The number of anilines is 1. The third kappa shape index (κ3) is 4.20. The molecular weight excluding hydrogens is 433 g/mol. The Hall–Kier alpha value is -1.98. The van der Waals surface area contributed by atoms with Crippen LogP contribution in [0.1, 0.15) is 5.56 Å². The summed E-state index contributed by atoms with van der Waals surface area (Å²) in [5, 5.41) is 3.11. The van der Waals surface area contributed by atoms with Crippen molar-refractivity contribution in [1.29, 1.82) is 0 Å². The molecule has 0 aromatic heterocycles. The number of fused-ring (bicyclic) bond motifs is 1. The predicted octanol–water partition coefficient (Wildman–Crippen LogP) is 6.81. The highest BCUT2D eigenvalue weighted by molar-refractivity contribution is 8.26. The van der Waals surface area contributed by atoms with Crippen LogP contribution in [0.15, 0.2) is 78.9 Å². The molecule has 1 unspecified atom stereocenters. The van der Waals surface area contributed by atoms with Gasteiger partial charge >= 0.3 is 7.60 Å². The van der Waals surface area contributed by atoms with E-state index in [1.54, 1.807) is 36.4 Å². The Bertz CT molecular complexity index is 1000. The SMILES string of the molecule is O=P(Oc1ccccc1)(Oc1ccccc1)C1Nc2ccc(Cl)cc2C(=S)S1. The van der Waals surface area contributed by atoms with E-state index in [2.05, 4.69) is 5.32 Å². The second kappa shape index (κ2) is 8.18. The monoisotopic (exact) mass is 447 g/mol. The average Bonchev–Trinajstić information content (AvgIpc) is 2.70. The lowest BCUT2D eigenvalue weighted by Gasteiger charge is -2.32. The van der Waals surface area contributed by atoms with E-state index in [0.29, 0.717) is 20.7 Å². The van der Waals surface area contributed by atoms with E-state index >= 15 is 0 Å². The fourth-order valence-electron chi connectivity index (χ4n) is 2.65. The van der Waals surface area contributed by atoms with Crippen molar-refractivity contribution in [1.82, 2.24) is 0 Å². The van der Waals surface area contributed by atoms with Crippen LogP contribution in [-0.4, -0.2) is 9.31 Å². The minimum atomic E-state index is -3.71. The van der Waals surface area contributed by atoms with Crippen molar-refractivity contribution in [2.45, 2.75) is 5.11 Å². The molecule has 0 radical (unpaired) electrons. The van der Waals surface area contributed by atoms with Gasteiger partial charge in [-0.2, -0.15) is 0 Å². The van der Waals surface area contributed by atoms with Gasteiger partial charge in [-0.15, -0.1) is 0 Å². The maximum Gasteiger partial charge on any atom is 0.463 e. The first-order valence-electron chi connectivity index (χ1n) is 8.40. The van der Waals surface area contributed by atoms with E-state index in [1.165, 1.54) is 11.8 Å². The largest absolute Gasteiger partial charge is 0.463 e. The molecule has 1 aliphatic heterocycles. The molecule has 142 valence electrons. The van der Waals surface area contributed by atoms with Gasteiger partial charge < -0.3 is 14.4 Å². The summed E-state index contributed by atoms with van der Waals surface area (Å²) in [6.45, 7) is 0. The molecule has 1 atom stereocenters. The van der Waals surface area contributed by atoms with Gasteiger partial charge in [0.05, 0.1) is 4.20 Å². The normalized spacial score (nSPS) is 16.0. The number of hydrogen-bond acceptors (Lipinski definition) is 6. The highest BCUT2D eigenvalue weighted by Gasteiger charge is 2.43. The number of rotatable bonds is 5. The van der Waals surface area contributed by atoms with E-state index in [1.807, 2.05) is 42.5 Å². The zero-order valence-electron chi connectivity index (χ0n) is 14.4. The number of hydrogen-bond donors (Lipinski definition) is 1. The van der Waals surface area contributed by atoms with Crippen molar-refractivity contribution in [2.75, 3.05) is 5.32 Å². The molecule has 28 heavy (non-hydrogen) atoms. The van der Waals surface area contributed by atoms with Crippen molar-refractivity contribution in [3.05, 3.63) is 89.4 Å². The van der Waals surface area contributed by atoms with Crippen molar-refractivity contribution >= 4 is 53.1 Å². The zero-order valence-corrected chi connectivity index (χ0v) is 17.7. The fourth-order valence-corrected chi connectivity index (χ4v) is 6.63. The standard InChI is InChI=1S/C20H15ClNO3PS2/c21-14-11-12-18-17(13-14)19(27)28-20(22-18)26(23,24-15-7-3-1-4-8-15)25-16-9-5-2-6-10-16/h1-13,20,22H. The molecule has 3 aromatic carbocycles. The highest BCUT2D eigenvalue weighted by Crippen LogP contribution is 2.58. The maximum atomic E-state index is 13.9. The maximum absolute atomic E-state index is 13.9. The molecule has 0 bridgehead atoms. The van der Waals surface area contributed by atoms with Gasteiger partial charge in [-0.05, 0) is 42.5 Å². The molecule has 0 saturated heterocycles. The van der Waals surface area contributed by atoms with Crippen LogP contribution in [0, 0.1) is 0 Å².